The molecule has 0 spiro atoms. The Labute approximate surface area is 154 Å². The van der Waals surface area contributed by atoms with Crippen molar-refractivity contribution < 1.29 is 4.52 Å². The maximum absolute atomic E-state index is 13.1. The van der Waals surface area contributed by atoms with E-state index in [0.717, 1.165) is 22.7 Å². The van der Waals surface area contributed by atoms with Gasteiger partial charge in [-0.15, -0.1) is 0 Å². The molecular weight excluding hydrogens is 346 g/mol. The van der Waals surface area contributed by atoms with Crippen molar-refractivity contribution in [1.29, 1.82) is 0 Å². The van der Waals surface area contributed by atoms with Crippen LogP contribution in [0.3, 0.4) is 0 Å². The van der Waals surface area contributed by atoms with E-state index in [1.54, 1.807) is 4.57 Å². The van der Waals surface area contributed by atoms with Gasteiger partial charge in [-0.05, 0) is 38.1 Å². The minimum Gasteiger partial charge on any atom is -0.361 e. The van der Waals surface area contributed by atoms with Gasteiger partial charge in [0.25, 0.3) is 5.56 Å². The molecule has 0 atom stereocenters. The van der Waals surface area contributed by atoms with Crippen LogP contribution in [0.1, 0.15) is 17.0 Å². The van der Waals surface area contributed by atoms with Crippen LogP contribution in [0.2, 0.25) is 0 Å². The molecule has 0 unspecified atom stereocenters. The van der Waals surface area contributed by atoms with Crippen LogP contribution in [0.5, 0.6) is 0 Å². The van der Waals surface area contributed by atoms with Crippen LogP contribution in [-0.2, 0) is 5.75 Å². The van der Waals surface area contributed by atoms with E-state index in [4.69, 9.17) is 9.51 Å². The fourth-order valence-corrected chi connectivity index (χ4v) is 3.65. The van der Waals surface area contributed by atoms with Crippen LogP contribution in [0.15, 0.2) is 69.1 Å². The van der Waals surface area contributed by atoms with E-state index in [0.29, 0.717) is 21.8 Å². The molecule has 2 aromatic carbocycles. The molecule has 0 aliphatic rings. The highest BCUT2D eigenvalue weighted by Gasteiger charge is 2.14. The van der Waals surface area contributed by atoms with Crippen molar-refractivity contribution in [2.75, 3.05) is 0 Å². The Kier molecular flexibility index (Phi) is 4.34. The van der Waals surface area contributed by atoms with Crippen molar-refractivity contribution in [3.05, 3.63) is 82.0 Å². The number of nitrogens with zero attached hydrogens (tertiary/aromatic N) is 3. The van der Waals surface area contributed by atoms with E-state index in [1.807, 2.05) is 68.4 Å². The largest absolute Gasteiger partial charge is 0.361 e. The van der Waals surface area contributed by atoms with Crippen molar-refractivity contribution in [1.82, 2.24) is 14.7 Å². The Balaban J connectivity index is 1.84. The van der Waals surface area contributed by atoms with Crippen molar-refractivity contribution in [3.8, 4) is 5.69 Å². The maximum atomic E-state index is 13.1. The summed E-state index contributed by atoms with van der Waals surface area (Å²) in [6, 6.07) is 17.2. The predicted octanol–water partition coefficient (Wildman–Crippen LogP) is 4.28. The first-order valence-electron chi connectivity index (χ1n) is 8.25. The van der Waals surface area contributed by atoms with Crippen LogP contribution in [-0.4, -0.2) is 14.7 Å². The summed E-state index contributed by atoms with van der Waals surface area (Å²) in [7, 11) is 0. The normalized spacial score (nSPS) is 11.2. The number of hydrogen-bond acceptors (Lipinski definition) is 5. The van der Waals surface area contributed by atoms with E-state index in [1.165, 1.54) is 11.8 Å². The highest BCUT2D eigenvalue weighted by molar-refractivity contribution is 7.98. The van der Waals surface area contributed by atoms with E-state index in [-0.39, 0.29) is 5.56 Å². The first-order chi connectivity index (χ1) is 12.6. The molecule has 0 fully saturated rings. The molecule has 2 heterocycles. The Morgan fingerprint density at radius 1 is 1.08 bits per heavy atom. The van der Waals surface area contributed by atoms with E-state index < -0.39 is 0 Å². The monoisotopic (exact) mass is 363 g/mol. The Bertz CT molecular complexity index is 1130. The molecule has 0 saturated carbocycles. The van der Waals surface area contributed by atoms with Gasteiger partial charge in [-0.2, -0.15) is 0 Å². The van der Waals surface area contributed by atoms with Gasteiger partial charge in [0.1, 0.15) is 5.76 Å². The first kappa shape index (κ1) is 16.6. The van der Waals surface area contributed by atoms with E-state index in [2.05, 4.69) is 5.16 Å². The SMILES string of the molecule is Cc1ccc(-n2c(SCc3cc(C)on3)nc3ccccc3c2=O)cc1. The zero-order chi connectivity index (χ0) is 18.1. The summed E-state index contributed by atoms with van der Waals surface area (Å²) in [5, 5.41) is 5.26. The van der Waals surface area contributed by atoms with Gasteiger partial charge >= 0.3 is 0 Å². The lowest BCUT2D eigenvalue weighted by Gasteiger charge is -2.13. The molecule has 0 aliphatic carbocycles. The van der Waals surface area contributed by atoms with Crippen molar-refractivity contribution >= 4 is 22.7 Å². The lowest BCUT2D eigenvalue weighted by molar-refractivity contribution is 0.393. The van der Waals surface area contributed by atoms with Crippen molar-refractivity contribution in [3.63, 3.8) is 0 Å². The molecule has 0 bridgehead atoms. The van der Waals surface area contributed by atoms with Gasteiger partial charge < -0.3 is 4.52 Å². The quantitative estimate of drug-likeness (QED) is 0.400. The molecule has 6 heteroatoms. The number of aryl methyl sites for hydroxylation is 2. The van der Waals surface area contributed by atoms with Gasteiger partial charge in [0.2, 0.25) is 0 Å². The van der Waals surface area contributed by atoms with E-state index >= 15 is 0 Å². The number of thioether (sulfide) groups is 1. The van der Waals surface area contributed by atoms with Gasteiger partial charge in [-0.1, -0.05) is 46.7 Å². The number of para-hydroxylation sites is 1. The molecule has 5 nitrogen and oxygen atoms in total. The number of rotatable bonds is 4. The second-order valence-electron chi connectivity index (χ2n) is 6.11. The minimum absolute atomic E-state index is 0.0710. The number of aromatic nitrogens is 3. The third kappa shape index (κ3) is 3.15. The predicted molar refractivity (Wildman–Crippen MR) is 103 cm³/mol. The first-order valence-corrected chi connectivity index (χ1v) is 9.24. The van der Waals surface area contributed by atoms with Crippen molar-refractivity contribution in [2.45, 2.75) is 24.8 Å². The summed E-state index contributed by atoms with van der Waals surface area (Å²) in [6.07, 6.45) is 0. The number of benzene rings is 2. The zero-order valence-corrected chi connectivity index (χ0v) is 15.3. The van der Waals surface area contributed by atoms with Crippen molar-refractivity contribution in [2.24, 2.45) is 0 Å². The molecule has 130 valence electrons. The summed E-state index contributed by atoms with van der Waals surface area (Å²) in [5.41, 5.74) is 3.39. The van der Waals surface area contributed by atoms with Crippen LogP contribution in [0.4, 0.5) is 0 Å². The molecular formula is C20H17N3O2S. The molecule has 0 aliphatic heterocycles. The van der Waals surface area contributed by atoms with Gasteiger partial charge in [0, 0.05) is 11.8 Å². The van der Waals surface area contributed by atoms with Crippen LogP contribution in [0.25, 0.3) is 16.6 Å². The van der Waals surface area contributed by atoms with Gasteiger partial charge in [0.05, 0.1) is 22.3 Å². The maximum Gasteiger partial charge on any atom is 0.266 e. The molecule has 4 rings (SSSR count). The molecule has 0 radical (unpaired) electrons. The molecule has 0 N–H and O–H groups in total. The fourth-order valence-electron chi connectivity index (χ4n) is 2.76. The Morgan fingerprint density at radius 3 is 2.58 bits per heavy atom. The van der Waals surface area contributed by atoms with Gasteiger partial charge in [0.15, 0.2) is 5.16 Å². The summed E-state index contributed by atoms with van der Waals surface area (Å²) in [4.78, 5) is 17.8. The highest BCUT2D eigenvalue weighted by Crippen LogP contribution is 2.24. The molecule has 2 aromatic heterocycles. The van der Waals surface area contributed by atoms with Gasteiger partial charge in [-0.25, -0.2) is 4.98 Å². The lowest BCUT2D eigenvalue weighted by atomic mass is 10.2. The average Bonchev–Trinajstić information content (AvgIpc) is 3.07. The fraction of sp³-hybridized carbons (Fsp3) is 0.150. The summed E-state index contributed by atoms with van der Waals surface area (Å²) in [5.74, 6) is 1.34. The summed E-state index contributed by atoms with van der Waals surface area (Å²) >= 11 is 1.47. The zero-order valence-electron chi connectivity index (χ0n) is 14.5. The number of fused-ring (bicyclic) bond motifs is 1. The second kappa shape index (κ2) is 6.80. The molecule has 26 heavy (non-hydrogen) atoms. The van der Waals surface area contributed by atoms with Crippen LogP contribution < -0.4 is 5.56 Å². The van der Waals surface area contributed by atoms with Crippen LogP contribution >= 0.6 is 11.8 Å². The van der Waals surface area contributed by atoms with E-state index in [9.17, 15) is 4.79 Å². The Hall–Kier alpha value is -2.86. The Morgan fingerprint density at radius 2 is 1.85 bits per heavy atom. The van der Waals surface area contributed by atoms with Crippen LogP contribution in [0, 0.1) is 13.8 Å². The standard InChI is InChI=1S/C20H17N3O2S/c1-13-7-9-16(10-8-13)23-19(24)17-5-3-4-6-18(17)21-20(23)26-12-15-11-14(2)25-22-15/h3-11H,12H2,1-2H3. The third-order valence-electron chi connectivity index (χ3n) is 4.06. The lowest BCUT2D eigenvalue weighted by Crippen LogP contribution is -2.21. The van der Waals surface area contributed by atoms with Gasteiger partial charge in [-0.3, -0.25) is 9.36 Å². The molecule has 0 saturated heterocycles. The molecule has 4 aromatic rings. The summed E-state index contributed by atoms with van der Waals surface area (Å²) < 4.78 is 6.79. The number of hydrogen-bond donors (Lipinski definition) is 0. The topological polar surface area (TPSA) is 60.9 Å². The second-order valence-corrected chi connectivity index (χ2v) is 7.05. The summed E-state index contributed by atoms with van der Waals surface area (Å²) in [6.45, 7) is 3.88. The minimum atomic E-state index is -0.0710. The average molecular weight is 363 g/mol. The highest BCUT2D eigenvalue weighted by atomic mass is 32.2. The smallest absolute Gasteiger partial charge is 0.266 e. The third-order valence-corrected chi connectivity index (χ3v) is 5.04. The molecule has 0 amide bonds.